The van der Waals surface area contributed by atoms with Gasteiger partial charge in [-0.1, -0.05) is 121 Å². The number of benzene rings is 2. The Labute approximate surface area is 331 Å². The van der Waals surface area contributed by atoms with E-state index in [0.29, 0.717) is 5.92 Å². The predicted octanol–water partition coefficient (Wildman–Crippen LogP) is 15.3. The van der Waals surface area contributed by atoms with E-state index in [-0.39, 0.29) is 0 Å². The Bertz CT molecular complexity index is 1820. The number of allylic oxidation sites excluding steroid dienone is 18. The van der Waals surface area contributed by atoms with Crippen LogP contribution in [0.15, 0.2) is 155 Å². The maximum atomic E-state index is 5.66. The van der Waals surface area contributed by atoms with Crippen LogP contribution in [0.4, 0.5) is 11.4 Å². The quantitative estimate of drug-likeness (QED) is 0.138. The fourth-order valence-electron chi connectivity index (χ4n) is 6.80. The predicted molar refractivity (Wildman–Crippen MR) is 244 cm³/mol. The standard InChI is InChI=1S/C42H57N.C10H15N/c1-12-17-18-21-32(8)33(9)22-19-20-23-42(31(6)7)38(15-4)30-39(16-5)43(40-26-24-34(10)35(11)28-40)41-27-25-36(13-2)37(14-3)29-41;1-3-8-5-6-10(11)7-9(8)4-2/h12,16-24,26,28-31H,5,13-15,25,27H2,1-4,6-11H3;5-7H,3-4,11H2,1-2H3/b17-12+,21-18+,22-19-,23-20+,33-32-,39-30+,42-38-;. The summed E-state index contributed by atoms with van der Waals surface area (Å²) in [6, 6.07) is 13.0. The van der Waals surface area contributed by atoms with Crippen LogP contribution in [0.25, 0.3) is 0 Å². The molecule has 0 spiro atoms. The molecule has 3 rings (SSSR count). The van der Waals surface area contributed by atoms with Crippen molar-refractivity contribution in [2.45, 2.75) is 128 Å². The number of anilines is 2. The molecule has 0 aliphatic heterocycles. The first kappa shape index (κ1) is 45.6. The molecule has 0 unspecified atom stereocenters. The maximum Gasteiger partial charge on any atom is 0.0461 e. The highest BCUT2D eigenvalue weighted by atomic mass is 15.2. The van der Waals surface area contributed by atoms with Crippen LogP contribution < -0.4 is 10.6 Å². The molecule has 0 bridgehead atoms. The van der Waals surface area contributed by atoms with Crippen molar-refractivity contribution in [2.75, 3.05) is 10.6 Å². The summed E-state index contributed by atoms with van der Waals surface area (Å²) >= 11 is 0. The normalized spacial score (nSPS) is 14.9. The summed E-state index contributed by atoms with van der Waals surface area (Å²) in [6.45, 7) is 30.8. The van der Waals surface area contributed by atoms with Crippen LogP contribution >= 0.6 is 0 Å². The van der Waals surface area contributed by atoms with Crippen molar-refractivity contribution in [1.82, 2.24) is 0 Å². The van der Waals surface area contributed by atoms with E-state index < -0.39 is 0 Å². The van der Waals surface area contributed by atoms with Crippen molar-refractivity contribution in [2.24, 2.45) is 5.92 Å². The van der Waals surface area contributed by atoms with E-state index >= 15 is 0 Å². The number of rotatable bonds is 16. The smallest absolute Gasteiger partial charge is 0.0461 e. The second kappa shape index (κ2) is 24.0. The lowest BCUT2D eigenvalue weighted by atomic mass is 9.90. The van der Waals surface area contributed by atoms with Crippen molar-refractivity contribution in [3.8, 4) is 0 Å². The molecule has 0 saturated carbocycles. The molecule has 54 heavy (non-hydrogen) atoms. The van der Waals surface area contributed by atoms with Gasteiger partial charge in [-0.25, -0.2) is 0 Å². The third kappa shape index (κ3) is 13.7. The Balaban J connectivity index is 0.000000780. The van der Waals surface area contributed by atoms with E-state index in [2.05, 4.69) is 173 Å². The number of nitrogen functional groups attached to an aromatic ring is 1. The van der Waals surface area contributed by atoms with Crippen LogP contribution in [0.2, 0.25) is 0 Å². The lowest BCUT2D eigenvalue weighted by Gasteiger charge is -2.32. The van der Waals surface area contributed by atoms with E-state index in [0.717, 1.165) is 56.3 Å². The zero-order valence-electron chi connectivity index (χ0n) is 36.1. The Kier molecular flexibility index (Phi) is 20.2. The summed E-state index contributed by atoms with van der Waals surface area (Å²) in [5.41, 5.74) is 24.0. The molecule has 2 heteroatoms. The third-order valence-electron chi connectivity index (χ3n) is 10.5. The first-order chi connectivity index (χ1) is 25.9. The zero-order valence-corrected chi connectivity index (χ0v) is 36.1. The number of hydrogen-bond donors (Lipinski definition) is 1. The molecular formula is C52H72N2. The molecule has 2 aromatic rings. The summed E-state index contributed by atoms with van der Waals surface area (Å²) in [5, 5.41) is 0. The van der Waals surface area contributed by atoms with Gasteiger partial charge in [0.1, 0.15) is 0 Å². The molecule has 1 aliphatic rings. The summed E-state index contributed by atoms with van der Waals surface area (Å²) in [6.07, 6.45) is 31.5. The first-order valence-electron chi connectivity index (χ1n) is 20.4. The molecule has 0 saturated heterocycles. The summed E-state index contributed by atoms with van der Waals surface area (Å²) in [5.74, 6) is 0.398. The average molecular weight is 725 g/mol. The Morgan fingerprint density at radius 2 is 1.43 bits per heavy atom. The van der Waals surface area contributed by atoms with Gasteiger partial charge in [0.05, 0.1) is 0 Å². The Hall–Kier alpha value is -4.56. The van der Waals surface area contributed by atoms with Gasteiger partial charge in [-0.05, 0) is 178 Å². The van der Waals surface area contributed by atoms with Crippen LogP contribution in [-0.2, 0) is 12.8 Å². The van der Waals surface area contributed by atoms with Crippen LogP contribution in [0.5, 0.6) is 0 Å². The van der Waals surface area contributed by atoms with E-state index in [1.54, 1.807) is 5.57 Å². The van der Waals surface area contributed by atoms with Crippen molar-refractivity contribution in [3.63, 3.8) is 0 Å². The number of hydrogen-bond acceptors (Lipinski definition) is 2. The molecule has 2 N–H and O–H groups in total. The third-order valence-corrected chi connectivity index (χ3v) is 10.5. The van der Waals surface area contributed by atoms with Crippen LogP contribution in [-0.4, -0.2) is 0 Å². The van der Waals surface area contributed by atoms with E-state index in [1.807, 2.05) is 25.1 Å². The van der Waals surface area contributed by atoms with E-state index in [4.69, 9.17) is 5.73 Å². The summed E-state index contributed by atoms with van der Waals surface area (Å²) < 4.78 is 0. The molecule has 2 nitrogen and oxygen atoms in total. The topological polar surface area (TPSA) is 29.3 Å². The van der Waals surface area contributed by atoms with Gasteiger partial charge < -0.3 is 10.6 Å². The number of nitrogens with two attached hydrogens (primary N) is 1. The molecule has 0 atom stereocenters. The highest BCUT2D eigenvalue weighted by molar-refractivity contribution is 5.64. The summed E-state index contributed by atoms with van der Waals surface area (Å²) in [7, 11) is 0. The van der Waals surface area contributed by atoms with Gasteiger partial charge in [-0.2, -0.15) is 0 Å². The number of aryl methyl sites for hydroxylation is 4. The Morgan fingerprint density at radius 3 is 1.96 bits per heavy atom. The van der Waals surface area contributed by atoms with Gasteiger partial charge in [0, 0.05) is 22.8 Å². The summed E-state index contributed by atoms with van der Waals surface area (Å²) in [4.78, 5) is 2.46. The molecule has 2 aromatic carbocycles. The first-order valence-corrected chi connectivity index (χ1v) is 20.4. The molecule has 0 heterocycles. The molecule has 1 aliphatic carbocycles. The van der Waals surface area contributed by atoms with E-state index in [1.165, 1.54) is 61.5 Å². The molecule has 0 amide bonds. The molecular weight excluding hydrogens is 653 g/mol. The average Bonchev–Trinajstić information content (AvgIpc) is 3.17. The Morgan fingerprint density at radius 1 is 0.778 bits per heavy atom. The maximum absolute atomic E-state index is 5.66. The molecule has 0 radical (unpaired) electrons. The molecule has 0 aromatic heterocycles. The van der Waals surface area contributed by atoms with Gasteiger partial charge >= 0.3 is 0 Å². The minimum Gasteiger partial charge on any atom is -0.399 e. The zero-order chi connectivity index (χ0) is 40.2. The fraction of sp³-hybridized carbons (Fsp3) is 0.385. The van der Waals surface area contributed by atoms with Gasteiger partial charge in [0.2, 0.25) is 0 Å². The number of nitrogens with zero attached hydrogens (tertiary/aromatic N) is 1. The monoisotopic (exact) mass is 725 g/mol. The lowest BCUT2D eigenvalue weighted by Crippen LogP contribution is -2.23. The SMILES string of the molecule is C=C\C(=C/C(CC)=C(/C=C/C=C\C(C)=C(C)/C=C/C=C/C)C(C)C)N(C1=CC(CC)=C(CC)CC1)c1ccc(C)c(C)c1.CCc1ccc(N)cc1CC. The van der Waals surface area contributed by atoms with Gasteiger partial charge in [0.15, 0.2) is 0 Å². The van der Waals surface area contributed by atoms with E-state index in [9.17, 15) is 0 Å². The second-order valence-corrected chi connectivity index (χ2v) is 14.5. The molecule has 0 fully saturated rings. The van der Waals surface area contributed by atoms with Crippen LogP contribution in [0, 0.1) is 19.8 Å². The highest BCUT2D eigenvalue weighted by Crippen LogP contribution is 2.36. The van der Waals surface area contributed by atoms with Gasteiger partial charge in [-0.3, -0.25) is 0 Å². The van der Waals surface area contributed by atoms with Gasteiger partial charge in [-0.15, -0.1) is 0 Å². The van der Waals surface area contributed by atoms with Crippen molar-refractivity contribution in [1.29, 1.82) is 0 Å². The van der Waals surface area contributed by atoms with Crippen molar-refractivity contribution < 1.29 is 0 Å². The minimum atomic E-state index is 0.398. The van der Waals surface area contributed by atoms with Crippen molar-refractivity contribution in [3.05, 3.63) is 177 Å². The minimum absolute atomic E-state index is 0.398. The second-order valence-electron chi connectivity index (χ2n) is 14.5. The van der Waals surface area contributed by atoms with Crippen LogP contribution in [0.3, 0.4) is 0 Å². The van der Waals surface area contributed by atoms with Gasteiger partial charge in [0.25, 0.3) is 0 Å². The highest BCUT2D eigenvalue weighted by Gasteiger charge is 2.21. The van der Waals surface area contributed by atoms with Crippen molar-refractivity contribution >= 4 is 11.4 Å². The largest absolute Gasteiger partial charge is 0.399 e. The fourth-order valence-corrected chi connectivity index (χ4v) is 6.80. The lowest BCUT2D eigenvalue weighted by molar-refractivity contribution is 0.775. The van der Waals surface area contributed by atoms with Crippen LogP contribution in [0.1, 0.15) is 124 Å². The molecule has 290 valence electrons.